The Morgan fingerprint density at radius 3 is 2.69 bits per heavy atom. The number of carbonyl (C=O) groups excluding carboxylic acids is 1. The number of hydrogen-bond donors (Lipinski definition) is 2. The van der Waals surface area contributed by atoms with Crippen molar-refractivity contribution in [3.8, 4) is 0 Å². The molecular formula is C18H22ClN5O2. The van der Waals surface area contributed by atoms with Crippen LogP contribution < -0.4 is 10.6 Å². The fourth-order valence-electron chi connectivity index (χ4n) is 2.78. The van der Waals surface area contributed by atoms with Crippen LogP contribution in [-0.4, -0.2) is 46.7 Å². The summed E-state index contributed by atoms with van der Waals surface area (Å²) >= 11 is 5.90. The molecule has 2 heterocycles. The summed E-state index contributed by atoms with van der Waals surface area (Å²) in [5.74, 6) is 1.27. The quantitative estimate of drug-likeness (QED) is 0.824. The zero-order valence-corrected chi connectivity index (χ0v) is 15.4. The molecule has 8 heteroatoms. The van der Waals surface area contributed by atoms with Crippen molar-refractivity contribution in [3.05, 3.63) is 41.6 Å². The number of anilines is 3. The van der Waals surface area contributed by atoms with Gasteiger partial charge in [-0.15, -0.1) is 0 Å². The Morgan fingerprint density at radius 2 is 2.00 bits per heavy atom. The summed E-state index contributed by atoms with van der Waals surface area (Å²) in [4.78, 5) is 22.3. The van der Waals surface area contributed by atoms with Gasteiger partial charge in [0.1, 0.15) is 5.82 Å². The average Bonchev–Trinajstić information content (AvgIpc) is 2.65. The summed E-state index contributed by atoms with van der Waals surface area (Å²) in [6.45, 7) is 3.55. The Labute approximate surface area is 157 Å². The number of benzene rings is 1. The third kappa shape index (κ3) is 4.98. The Kier molecular flexibility index (Phi) is 6.12. The number of ether oxygens (including phenoxy) is 1. The van der Waals surface area contributed by atoms with Crippen LogP contribution in [0.25, 0.3) is 0 Å². The van der Waals surface area contributed by atoms with Gasteiger partial charge < -0.3 is 20.3 Å². The third-order valence-corrected chi connectivity index (χ3v) is 4.38. The fourth-order valence-corrected chi connectivity index (χ4v) is 2.91. The monoisotopic (exact) mass is 375 g/mol. The summed E-state index contributed by atoms with van der Waals surface area (Å²) in [6, 6.07) is 9.46. The Balaban J connectivity index is 1.54. The summed E-state index contributed by atoms with van der Waals surface area (Å²) in [5, 5.41) is 7.26. The van der Waals surface area contributed by atoms with Gasteiger partial charge in [0.05, 0.1) is 6.61 Å². The molecule has 0 aliphatic carbocycles. The van der Waals surface area contributed by atoms with Gasteiger partial charge in [0.2, 0.25) is 5.95 Å². The van der Waals surface area contributed by atoms with Crippen LogP contribution in [0.3, 0.4) is 0 Å². The SMILES string of the molecule is CCOC(=O)N1CCC(Nc2nccc(Nc3ccc(Cl)cc3)n2)CC1. The van der Waals surface area contributed by atoms with Crippen LogP contribution in [0, 0.1) is 0 Å². The molecule has 1 aromatic carbocycles. The Bertz CT molecular complexity index is 733. The standard InChI is InChI=1S/C18H22ClN5O2/c1-2-26-18(25)24-11-8-15(9-12-24)22-17-20-10-7-16(23-17)21-14-5-3-13(19)4-6-14/h3-7,10,15H,2,8-9,11-12H2,1H3,(H2,20,21,22,23). The van der Waals surface area contributed by atoms with E-state index in [4.69, 9.17) is 16.3 Å². The summed E-state index contributed by atoms with van der Waals surface area (Å²) in [6.07, 6.45) is 3.13. The lowest BCUT2D eigenvalue weighted by atomic mass is 10.1. The number of halogens is 1. The maximum Gasteiger partial charge on any atom is 0.409 e. The van der Waals surface area contributed by atoms with Crippen LogP contribution in [0.5, 0.6) is 0 Å². The largest absolute Gasteiger partial charge is 0.450 e. The average molecular weight is 376 g/mol. The highest BCUT2D eigenvalue weighted by molar-refractivity contribution is 6.30. The van der Waals surface area contributed by atoms with E-state index in [0.717, 1.165) is 18.5 Å². The minimum Gasteiger partial charge on any atom is -0.450 e. The zero-order valence-electron chi connectivity index (χ0n) is 14.6. The maximum atomic E-state index is 11.7. The first-order valence-corrected chi connectivity index (χ1v) is 9.05. The minimum atomic E-state index is -0.239. The molecule has 1 aromatic heterocycles. The first-order valence-electron chi connectivity index (χ1n) is 8.68. The maximum absolute atomic E-state index is 11.7. The number of carbonyl (C=O) groups is 1. The highest BCUT2D eigenvalue weighted by Crippen LogP contribution is 2.19. The Morgan fingerprint density at radius 1 is 1.27 bits per heavy atom. The number of aromatic nitrogens is 2. The molecule has 2 N–H and O–H groups in total. The number of likely N-dealkylation sites (tertiary alicyclic amines) is 1. The number of hydrogen-bond acceptors (Lipinski definition) is 6. The van der Waals surface area contributed by atoms with Crippen LogP contribution in [0.2, 0.25) is 5.02 Å². The zero-order chi connectivity index (χ0) is 18.4. The molecule has 0 unspecified atom stereocenters. The van der Waals surface area contributed by atoms with Crippen molar-refractivity contribution < 1.29 is 9.53 Å². The van der Waals surface area contributed by atoms with Gasteiger partial charge in [-0.25, -0.2) is 9.78 Å². The van der Waals surface area contributed by atoms with E-state index in [-0.39, 0.29) is 12.1 Å². The molecule has 0 radical (unpaired) electrons. The molecule has 1 aliphatic rings. The number of piperidine rings is 1. The second-order valence-corrected chi connectivity index (χ2v) is 6.44. The summed E-state index contributed by atoms with van der Waals surface area (Å²) in [5.41, 5.74) is 0.904. The highest BCUT2D eigenvalue weighted by atomic mass is 35.5. The minimum absolute atomic E-state index is 0.228. The molecule has 2 aromatic rings. The van der Waals surface area contributed by atoms with Gasteiger partial charge in [-0.05, 0) is 50.1 Å². The van der Waals surface area contributed by atoms with Gasteiger partial charge in [-0.3, -0.25) is 0 Å². The van der Waals surface area contributed by atoms with E-state index in [1.54, 1.807) is 11.1 Å². The normalized spacial score (nSPS) is 14.8. The van der Waals surface area contributed by atoms with Gasteiger partial charge in [0.15, 0.2) is 0 Å². The van der Waals surface area contributed by atoms with Crippen molar-refractivity contribution in [2.45, 2.75) is 25.8 Å². The topological polar surface area (TPSA) is 79.4 Å². The number of nitrogens with one attached hydrogen (secondary N) is 2. The highest BCUT2D eigenvalue weighted by Gasteiger charge is 2.23. The molecule has 0 bridgehead atoms. The molecule has 0 spiro atoms. The van der Waals surface area contributed by atoms with Crippen molar-refractivity contribution in [2.75, 3.05) is 30.3 Å². The molecule has 7 nitrogen and oxygen atoms in total. The smallest absolute Gasteiger partial charge is 0.409 e. The van der Waals surface area contributed by atoms with Crippen LogP contribution in [0.15, 0.2) is 36.5 Å². The van der Waals surface area contributed by atoms with Crippen LogP contribution >= 0.6 is 11.6 Å². The summed E-state index contributed by atoms with van der Waals surface area (Å²) < 4.78 is 5.04. The van der Waals surface area contributed by atoms with Crippen molar-refractivity contribution in [3.63, 3.8) is 0 Å². The third-order valence-electron chi connectivity index (χ3n) is 4.13. The van der Waals surface area contributed by atoms with Gasteiger partial charge in [-0.1, -0.05) is 11.6 Å². The van der Waals surface area contributed by atoms with Gasteiger partial charge in [-0.2, -0.15) is 4.98 Å². The number of rotatable bonds is 5. The van der Waals surface area contributed by atoms with Gasteiger partial charge >= 0.3 is 6.09 Å². The molecule has 26 heavy (non-hydrogen) atoms. The van der Waals surface area contributed by atoms with E-state index in [2.05, 4.69) is 20.6 Å². The van der Waals surface area contributed by atoms with E-state index in [1.807, 2.05) is 37.3 Å². The van der Waals surface area contributed by atoms with Crippen molar-refractivity contribution >= 4 is 35.1 Å². The number of nitrogens with zero attached hydrogens (tertiary/aromatic N) is 3. The second kappa shape index (κ2) is 8.71. The second-order valence-electron chi connectivity index (χ2n) is 6.00. The Hall–Kier alpha value is -2.54. The van der Waals surface area contributed by atoms with Gasteiger partial charge in [0.25, 0.3) is 0 Å². The predicted molar refractivity (Wildman–Crippen MR) is 102 cm³/mol. The summed E-state index contributed by atoms with van der Waals surface area (Å²) in [7, 11) is 0. The molecule has 138 valence electrons. The van der Waals surface area contributed by atoms with Crippen LogP contribution in [0.1, 0.15) is 19.8 Å². The van der Waals surface area contributed by atoms with E-state index in [1.165, 1.54) is 0 Å². The molecule has 1 saturated heterocycles. The lowest BCUT2D eigenvalue weighted by molar-refractivity contribution is 0.0983. The molecule has 1 aliphatic heterocycles. The fraction of sp³-hybridized carbons (Fsp3) is 0.389. The molecule has 3 rings (SSSR count). The van der Waals surface area contributed by atoms with E-state index >= 15 is 0 Å². The number of amides is 1. The van der Waals surface area contributed by atoms with Crippen LogP contribution in [0.4, 0.5) is 22.2 Å². The molecule has 1 amide bonds. The van der Waals surface area contributed by atoms with E-state index in [0.29, 0.717) is 36.5 Å². The molecular weight excluding hydrogens is 354 g/mol. The first-order chi connectivity index (χ1) is 12.6. The van der Waals surface area contributed by atoms with Gasteiger partial charge in [0, 0.05) is 36.0 Å². The van der Waals surface area contributed by atoms with E-state index < -0.39 is 0 Å². The van der Waals surface area contributed by atoms with Crippen molar-refractivity contribution in [1.29, 1.82) is 0 Å². The molecule has 0 saturated carbocycles. The molecule has 1 fully saturated rings. The first kappa shape index (κ1) is 18.3. The van der Waals surface area contributed by atoms with Crippen molar-refractivity contribution in [1.82, 2.24) is 14.9 Å². The lowest BCUT2D eigenvalue weighted by Gasteiger charge is -2.31. The van der Waals surface area contributed by atoms with Crippen LogP contribution in [-0.2, 0) is 4.74 Å². The van der Waals surface area contributed by atoms with Crippen molar-refractivity contribution in [2.24, 2.45) is 0 Å². The lowest BCUT2D eigenvalue weighted by Crippen LogP contribution is -2.42. The van der Waals surface area contributed by atoms with E-state index in [9.17, 15) is 4.79 Å². The molecule has 0 atom stereocenters. The predicted octanol–water partition coefficient (Wildman–Crippen LogP) is 3.91.